The van der Waals surface area contributed by atoms with Gasteiger partial charge in [-0.3, -0.25) is 0 Å². The highest BCUT2D eigenvalue weighted by molar-refractivity contribution is 5.30. The molecule has 1 unspecified atom stereocenters. The molecule has 4 heteroatoms. The zero-order chi connectivity index (χ0) is 13.8. The topological polar surface area (TPSA) is 29.5 Å². The van der Waals surface area contributed by atoms with E-state index < -0.39 is 28.4 Å². The number of aliphatic hydroxyl groups is 1. The van der Waals surface area contributed by atoms with Gasteiger partial charge in [-0.2, -0.15) is 0 Å². The first-order valence-corrected chi connectivity index (χ1v) is 5.96. The number of rotatable bonds is 1. The van der Waals surface area contributed by atoms with Gasteiger partial charge in [-0.15, -0.1) is 0 Å². The van der Waals surface area contributed by atoms with E-state index in [1.54, 1.807) is 13.8 Å². The van der Waals surface area contributed by atoms with E-state index in [1.165, 1.54) is 12.1 Å². The molecular formula is C14H18F2O2. The third kappa shape index (κ3) is 1.84. The van der Waals surface area contributed by atoms with Gasteiger partial charge in [0.05, 0.1) is 11.2 Å². The Balaban J connectivity index is 2.58. The number of hydrogen-bond acceptors (Lipinski definition) is 2. The summed E-state index contributed by atoms with van der Waals surface area (Å²) >= 11 is 0. The molecule has 100 valence electrons. The lowest BCUT2D eigenvalue weighted by molar-refractivity contribution is -0.131. The molecule has 1 atom stereocenters. The van der Waals surface area contributed by atoms with Crippen LogP contribution in [0.5, 0.6) is 0 Å². The van der Waals surface area contributed by atoms with Gasteiger partial charge in [-0.05, 0) is 33.8 Å². The largest absolute Gasteiger partial charge is 0.382 e. The van der Waals surface area contributed by atoms with Gasteiger partial charge in [-0.1, -0.05) is 12.1 Å². The highest BCUT2D eigenvalue weighted by atomic mass is 19.2. The van der Waals surface area contributed by atoms with Gasteiger partial charge < -0.3 is 9.84 Å². The number of ether oxygens (including phenoxy) is 1. The van der Waals surface area contributed by atoms with Crippen LogP contribution in [-0.4, -0.2) is 16.3 Å². The summed E-state index contributed by atoms with van der Waals surface area (Å²) in [6, 6.07) is 3.84. The van der Waals surface area contributed by atoms with Crippen LogP contribution < -0.4 is 0 Å². The lowest BCUT2D eigenvalue weighted by Crippen LogP contribution is -2.44. The van der Waals surface area contributed by atoms with Crippen LogP contribution in [0.3, 0.4) is 0 Å². The summed E-state index contributed by atoms with van der Waals surface area (Å²) in [6.07, 6.45) is 0.216. The van der Waals surface area contributed by atoms with Gasteiger partial charge in [0.15, 0.2) is 11.6 Å². The first-order chi connectivity index (χ1) is 8.09. The lowest BCUT2D eigenvalue weighted by Gasteiger charge is -2.35. The average molecular weight is 256 g/mol. The summed E-state index contributed by atoms with van der Waals surface area (Å²) in [5.74, 6) is -1.96. The maximum atomic E-state index is 13.9. The lowest BCUT2D eigenvalue weighted by atomic mass is 9.77. The van der Waals surface area contributed by atoms with Crippen molar-refractivity contribution in [3.63, 3.8) is 0 Å². The van der Waals surface area contributed by atoms with Crippen molar-refractivity contribution in [2.24, 2.45) is 0 Å². The molecule has 0 spiro atoms. The summed E-state index contributed by atoms with van der Waals surface area (Å²) in [5, 5.41) is 10.8. The monoisotopic (exact) mass is 256 g/mol. The number of benzene rings is 1. The Kier molecular flexibility index (Phi) is 2.80. The van der Waals surface area contributed by atoms with Crippen LogP contribution >= 0.6 is 0 Å². The minimum atomic E-state index is -1.54. The number of hydrogen-bond donors (Lipinski definition) is 1. The quantitative estimate of drug-likeness (QED) is 0.836. The molecule has 1 saturated heterocycles. The molecule has 0 bridgehead atoms. The van der Waals surface area contributed by atoms with E-state index in [9.17, 15) is 13.9 Å². The van der Waals surface area contributed by atoms with Crippen molar-refractivity contribution in [3.8, 4) is 0 Å². The SMILES string of the molecule is CC1(C)CC(O)(c2cccc(F)c2F)C(C)(C)O1. The summed E-state index contributed by atoms with van der Waals surface area (Å²) < 4.78 is 33.0. The fourth-order valence-corrected chi connectivity index (χ4v) is 2.88. The second-order valence-corrected chi connectivity index (χ2v) is 6.01. The maximum absolute atomic E-state index is 13.9. The Morgan fingerprint density at radius 2 is 1.78 bits per heavy atom. The van der Waals surface area contributed by atoms with Gasteiger partial charge >= 0.3 is 0 Å². The van der Waals surface area contributed by atoms with Crippen molar-refractivity contribution in [2.45, 2.75) is 50.9 Å². The van der Waals surface area contributed by atoms with Crippen LogP contribution in [0.2, 0.25) is 0 Å². The van der Waals surface area contributed by atoms with E-state index in [2.05, 4.69) is 0 Å². The molecule has 1 aliphatic heterocycles. The van der Waals surface area contributed by atoms with Gasteiger partial charge in [0.2, 0.25) is 0 Å². The summed E-state index contributed by atoms with van der Waals surface area (Å²) in [7, 11) is 0. The van der Waals surface area contributed by atoms with Crippen molar-refractivity contribution in [1.29, 1.82) is 0 Å². The zero-order valence-corrected chi connectivity index (χ0v) is 11.1. The van der Waals surface area contributed by atoms with Gasteiger partial charge in [-0.25, -0.2) is 8.78 Å². The molecule has 1 aliphatic rings. The third-order valence-corrected chi connectivity index (χ3v) is 3.61. The highest BCUT2D eigenvalue weighted by Gasteiger charge is 2.58. The van der Waals surface area contributed by atoms with Crippen LogP contribution in [0.1, 0.15) is 39.7 Å². The van der Waals surface area contributed by atoms with Crippen LogP contribution in [0.15, 0.2) is 18.2 Å². The Morgan fingerprint density at radius 1 is 1.17 bits per heavy atom. The van der Waals surface area contributed by atoms with Gasteiger partial charge in [0, 0.05) is 12.0 Å². The average Bonchev–Trinajstić information content (AvgIpc) is 2.35. The molecule has 1 fully saturated rings. The highest BCUT2D eigenvalue weighted by Crippen LogP contribution is 2.51. The standard InChI is InChI=1S/C14H18F2O2/c1-12(2)8-14(17,13(3,4)18-12)9-6-5-7-10(15)11(9)16/h5-7,17H,8H2,1-4H3. The summed E-state index contributed by atoms with van der Waals surface area (Å²) in [4.78, 5) is 0. The minimum Gasteiger partial charge on any atom is -0.382 e. The maximum Gasteiger partial charge on any atom is 0.165 e. The molecule has 0 amide bonds. The second kappa shape index (κ2) is 3.75. The molecule has 2 rings (SSSR count). The summed E-state index contributed by atoms with van der Waals surface area (Å²) in [6.45, 7) is 7.02. The molecule has 2 nitrogen and oxygen atoms in total. The fraction of sp³-hybridized carbons (Fsp3) is 0.571. The van der Waals surface area contributed by atoms with Crippen molar-refractivity contribution in [1.82, 2.24) is 0 Å². The predicted octanol–water partition coefficient (Wildman–Crippen LogP) is 3.13. The predicted molar refractivity (Wildman–Crippen MR) is 64.1 cm³/mol. The zero-order valence-electron chi connectivity index (χ0n) is 11.1. The van der Waals surface area contributed by atoms with E-state index in [4.69, 9.17) is 4.74 Å². The fourth-order valence-electron chi connectivity index (χ4n) is 2.88. The molecule has 1 aromatic carbocycles. The second-order valence-electron chi connectivity index (χ2n) is 6.01. The Bertz CT molecular complexity index is 483. The molecule has 1 heterocycles. The van der Waals surface area contributed by atoms with Crippen molar-refractivity contribution in [2.75, 3.05) is 0 Å². The van der Waals surface area contributed by atoms with Crippen LogP contribution in [-0.2, 0) is 10.3 Å². The van der Waals surface area contributed by atoms with Crippen LogP contribution in [0, 0.1) is 11.6 Å². The Morgan fingerprint density at radius 3 is 2.28 bits per heavy atom. The Labute approximate surface area is 106 Å². The molecular weight excluding hydrogens is 238 g/mol. The molecule has 1 aromatic rings. The minimum absolute atomic E-state index is 0.0434. The van der Waals surface area contributed by atoms with E-state index in [0.29, 0.717) is 0 Å². The van der Waals surface area contributed by atoms with E-state index in [-0.39, 0.29) is 12.0 Å². The molecule has 0 saturated carbocycles. The first-order valence-electron chi connectivity index (χ1n) is 5.96. The third-order valence-electron chi connectivity index (χ3n) is 3.61. The molecule has 0 aromatic heterocycles. The van der Waals surface area contributed by atoms with Crippen molar-refractivity contribution < 1.29 is 18.6 Å². The van der Waals surface area contributed by atoms with E-state index >= 15 is 0 Å². The molecule has 0 radical (unpaired) electrons. The molecule has 18 heavy (non-hydrogen) atoms. The smallest absolute Gasteiger partial charge is 0.165 e. The normalized spacial score (nSPS) is 29.5. The first kappa shape index (κ1) is 13.4. The van der Waals surface area contributed by atoms with Crippen molar-refractivity contribution >= 4 is 0 Å². The number of halogens is 2. The van der Waals surface area contributed by atoms with Crippen LogP contribution in [0.25, 0.3) is 0 Å². The van der Waals surface area contributed by atoms with Gasteiger partial charge in [0.1, 0.15) is 5.60 Å². The van der Waals surface area contributed by atoms with Crippen LogP contribution in [0.4, 0.5) is 8.78 Å². The van der Waals surface area contributed by atoms with Crippen molar-refractivity contribution in [3.05, 3.63) is 35.4 Å². The molecule has 0 aliphatic carbocycles. The summed E-state index contributed by atoms with van der Waals surface area (Å²) in [5.41, 5.74) is -3.15. The van der Waals surface area contributed by atoms with Gasteiger partial charge in [0.25, 0.3) is 0 Å². The van der Waals surface area contributed by atoms with E-state index in [1.807, 2.05) is 13.8 Å². The molecule has 1 N–H and O–H groups in total. The Hall–Kier alpha value is -1.00. The van der Waals surface area contributed by atoms with E-state index in [0.717, 1.165) is 6.07 Å².